The van der Waals surface area contributed by atoms with Crippen LogP contribution in [0.5, 0.6) is 5.75 Å². The van der Waals surface area contributed by atoms with Crippen molar-refractivity contribution in [3.63, 3.8) is 0 Å². The van der Waals surface area contributed by atoms with E-state index in [1.54, 1.807) is 6.07 Å². The normalized spacial score (nSPS) is 22.2. The van der Waals surface area contributed by atoms with Gasteiger partial charge in [-0.1, -0.05) is 18.6 Å². The number of rotatable bonds is 5. The summed E-state index contributed by atoms with van der Waals surface area (Å²) in [4.78, 5) is 4.98. The van der Waals surface area contributed by atoms with Crippen molar-refractivity contribution in [1.82, 2.24) is 24.6 Å². The fourth-order valence-corrected chi connectivity index (χ4v) is 4.51. The first-order valence-corrected chi connectivity index (χ1v) is 10.3. The van der Waals surface area contributed by atoms with Gasteiger partial charge in [0.05, 0.1) is 6.54 Å². The van der Waals surface area contributed by atoms with E-state index >= 15 is 0 Å². The summed E-state index contributed by atoms with van der Waals surface area (Å²) in [5, 5.41) is 18.8. The second-order valence-electron chi connectivity index (χ2n) is 8.11. The van der Waals surface area contributed by atoms with E-state index in [4.69, 9.17) is 0 Å². The first-order valence-electron chi connectivity index (χ1n) is 10.3. The molecule has 0 unspecified atom stereocenters. The zero-order chi connectivity index (χ0) is 18.6. The monoisotopic (exact) mass is 369 g/mol. The lowest BCUT2D eigenvalue weighted by Gasteiger charge is -2.32. The van der Waals surface area contributed by atoms with Crippen LogP contribution in [0, 0.1) is 0 Å². The number of likely N-dealkylation sites (tertiary alicyclic amines) is 2. The highest BCUT2D eigenvalue weighted by Crippen LogP contribution is 2.27. The maximum Gasteiger partial charge on any atom is 0.146 e. The second-order valence-corrected chi connectivity index (χ2v) is 8.11. The highest BCUT2D eigenvalue weighted by atomic mass is 16.3. The molecule has 6 nitrogen and oxygen atoms in total. The summed E-state index contributed by atoms with van der Waals surface area (Å²) in [6, 6.07) is 7.60. The minimum absolute atomic E-state index is 0.344. The number of phenols is 1. The summed E-state index contributed by atoms with van der Waals surface area (Å²) >= 11 is 0. The molecule has 1 N–H and O–H groups in total. The number of aromatic hydroxyl groups is 1. The molecule has 0 radical (unpaired) electrons. The lowest BCUT2D eigenvalue weighted by atomic mass is 9.96. The molecule has 2 aromatic rings. The number of nitrogens with zero attached hydrogens (tertiary/aromatic N) is 5. The van der Waals surface area contributed by atoms with Crippen LogP contribution in [0.4, 0.5) is 0 Å². The Hall–Kier alpha value is -1.92. The highest BCUT2D eigenvalue weighted by Gasteiger charge is 2.26. The zero-order valence-electron chi connectivity index (χ0n) is 16.3. The summed E-state index contributed by atoms with van der Waals surface area (Å²) in [6.45, 7) is 6.27. The largest absolute Gasteiger partial charge is 0.508 e. The summed E-state index contributed by atoms with van der Waals surface area (Å²) in [5.74, 6) is 3.00. The smallest absolute Gasteiger partial charge is 0.146 e. The van der Waals surface area contributed by atoms with Crippen molar-refractivity contribution in [3.8, 4) is 5.75 Å². The van der Waals surface area contributed by atoms with Gasteiger partial charge in [0.1, 0.15) is 17.4 Å². The maximum atomic E-state index is 9.70. The Kier molecular flexibility index (Phi) is 5.74. The van der Waals surface area contributed by atoms with Crippen molar-refractivity contribution in [2.45, 2.75) is 51.1 Å². The molecule has 2 aliphatic heterocycles. The Morgan fingerprint density at radius 1 is 1.00 bits per heavy atom. The van der Waals surface area contributed by atoms with Gasteiger partial charge in [-0.3, -0.25) is 9.80 Å². The van der Waals surface area contributed by atoms with Crippen LogP contribution in [0.1, 0.15) is 55.2 Å². The number of aromatic nitrogens is 3. The summed E-state index contributed by atoms with van der Waals surface area (Å²) in [7, 11) is 2.13. The second kappa shape index (κ2) is 8.40. The van der Waals surface area contributed by atoms with Crippen LogP contribution in [-0.4, -0.2) is 55.8 Å². The van der Waals surface area contributed by atoms with Crippen molar-refractivity contribution in [2.24, 2.45) is 7.05 Å². The Morgan fingerprint density at radius 3 is 2.63 bits per heavy atom. The van der Waals surface area contributed by atoms with E-state index in [1.807, 2.05) is 12.1 Å². The summed E-state index contributed by atoms with van der Waals surface area (Å²) in [5.41, 5.74) is 1.17. The van der Waals surface area contributed by atoms with E-state index in [9.17, 15) is 5.11 Å². The van der Waals surface area contributed by atoms with E-state index in [2.05, 4.69) is 37.7 Å². The van der Waals surface area contributed by atoms with Crippen LogP contribution in [0.25, 0.3) is 0 Å². The van der Waals surface area contributed by atoms with E-state index in [0.717, 1.165) is 37.8 Å². The molecule has 0 saturated carbocycles. The molecule has 0 bridgehead atoms. The van der Waals surface area contributed by atoms with Crippen LogP contribution in [0.15, 0.2) is 24.3 Å². The van der Waals surface area contributed by atoms with E-state index in [1.165, 1.54) is 50.8 Å². The van der Waals surface area contributed by atoms with E-state index < -0.39 is 0 Å². The van der Waals surface area contributed by atoms with Gasteiger partial charge in [0.25, 0.3) is 0 Å². The Labute approximate surface area is 161 Å². The van der Waals surface area contributed by atoms with Crippen LogP contribution in [-0.2, 0) is 20.1 Å². The van der Waals surface area contributed by atoms with Crippen molar-refractivity contribution in [3.05, 3.63) is 41.5 Å². The summed E-state index contributed by atoms with van der Waals surface area (Å²) < 4.78 is 2.23. The van der Waals surface area contributed by atoms with Crippen molar-refractivity contribution < 1.29 is 5.11 Å². The average molecular weight is 370 g/mol. The molecule has 146 valence electrons. The summed E-state index contributed by atoms with van der Waals surface area (Å²) in [6.07, 6.45) is 6.32. The Bertz CT molecular complexity index is 753. The number of phenolic OH excluding ortho intramolecular Hbond substituents is 1. The molecule has 0 aliphatic carbocycles. The molecule has 1 aromatic carbocycles. The zero-order valence-corrected chi connectivity index (χ0v) is 16.3. The molecule has 1 atom stereocenters. The van der Waals surface area contributed by atoms with Crippen molar-refractivity contribution in [2.75, 3.05) is 26.2 Å². The fraction of sp³-hybridized carbons (Fsp3) is 0.619. The molecule has 6 heteroatoms. The van der Waals surface area contributed by atoms with Crippen LogP contribution < -0.4 is 0 Å². The third-order valence-corrected chi connectivity index (χ3v) is 6.00. The van der Waals surface area contributed by atoms with Gasteiger partial charge < -0.3 is 9.67 Å². The Balaban J connectivity index is 1.40. The third kappa shape index (κ3) is 4.50. The molecular formula is C21H31N5O. The van der Waals surface area contributed by atoms with Crippen LogP contribution in [0.2, 0.25) is 0 Å². The SMILES string of the molecule is Cn1c(CN2CCCCC2)nnc1[C@H]1CCCN(Cc2cccc(O)c2)C1. The number of hydrogen-bond acceptors (Lipinski definition) is 5. The van der Waals surface area contributed by atoms with Gasteiger partial charge in [-0.25, -0.2) is 0 Å². The molecule has 1 aromatic heterocycles. The lowest BCUT2D eigenvalue weighted by Crippen LogP contribution is -2.35. The fourth-order valence-electron chi connectivity index (χ4n) is 4.51. The van der Waals surface area contributed by atoms with Crippen molar-refractivity contribution >= 4 is 0 Å². The number of hydrogen-bond donors (Lipinski definition) is 1. The van der Waals surface area contributed by atoms with E-state index in [-0.39, 0.29) is 0 Å². The Morgan fingerprint density at radius 2 is 1.81 bits per heavy atom. The van der Waals surface area contributed by atoms with Gasteiger partial charge in [0.2, 0.25) is 0 Å². The quantitative estimate of drug-likeness (QED) is 0.878. The molecule has 2 aliphatic rings. The van der Waals surface area contributed by atoms with Crippen molar-refractivity contribution in [1.29, 1.82) is 0 Å². The number of benzene rings is 1. The lowest BCUT2D eigenvalue weighted by molar-refractivity contribution is 0.194. The van der Waals surface area contributed by atoms with E-state index in [0.29, 0.717) is 11.7 Å². The van der Waals surface area contributed by atoms with Crippen LogP contribution in [0.3, 0.4) is 0 Å². The molecule has 3 heterocycles. The van der Waals surface area contributed by atoms with Gasteiger partial charge in [-0.15, -0.1) is 10.2 Å². The molecular weight excluding hydrogens is 338 g/mol. The topological polar surface area (TPSA) is 57.4 Å². The van der Waals surface area contributed by atoms with Gasteiger partial charge in [-0.2, -0.15) is 0 Å². The maximum absolute atomic E-state index is 9.70. The molecule has 4 rings (SSSR count). The average Bonchev–Trinajstić information content (AvgIpc) is 3.03. The number of piperidine rings is 2. The van der Waals surface area contributed by atoms with Gasteiger partial charge in [0, 0.05) is 26.1 Å². The standard InChI is InChI=1S/C21H31N5O/c1-24-20(16-25-10-3-2-4-11-25)22-23-21(24)18-8-6-12-26(15-18)14-17-7-5-9-19(27)13-17/h5,7,9,13,18,27H,2-4,6,8,10-12,14-16H2,1H3/t18-/m0/s1. The van der Waals surface area contributed by atoms with Crippen LogP contribution >= 0.6 is 0 Å². The molecule has 27 heavy (non-hydrogen) atoms. The first kappa shape index (κ1) is 18.4. The van der Waals surface area contributed by atoms with Gasteiger partial charge >= 0.3 is 0 Å². The molecule has 2 saturated heterocycles. The molecule has 0 amide bonds. The van der Waals surface area contributed by atoms with Gasteiger partial charge in [-0.05, 0) is 63.0 Å². The predicted molar refractivity (Wildman–Crippen MR) is 105 cm³/mol. The predicted octanol–water partition coefficient (Wildman–Crippen LogP) is 2.89. The molecule has 2 fully saturated rings. The highest BCUT2D eigenvalue weighted by molar-refractivity contribution is 5.27. The first-order chi connectivity index (χ1) is 13.2. The van der Waals surface area contributed by atoms with Gasteiger partial charge in [0.15, 0.2) is 0 Å². The molecule has 0 spiro atoms. The minimum atomic E-state index is 0.344. The minimum Gasteiger partial charge on any atom is -0.508 e. The third-order valence-electron chi connectivity index (χ3n) is 6.00.